The minimum Gasteiger partial charge on any atom is -0.343 e. The van der Waals surface area contributed by atoms with Crippen molar-refractivity contribution in [3.63, 3.8) is 0 Å². The van der Waals surface area contributed by atoms with Crippen LogP contribution in [0.25, 0.3) is 0 Å². The van der Waals surface area contributed by atoms with Gasteiger partial charge in [-0.15, -0.1) is 0 Å². The largest absolute Gasteiger partial charge is 0.343 e. The third-order valence-electron chi connectivity index (χ3n) is 4.66. The van der Waals surface area contributed by atoms with Gasteiger partial charge in [0, 0.05) is 38.6 Å². The van der Waals surface area contributed by atoms with Crippen LogP contribution in [0.4, 0.5) is 0 Å². The van der Waals surface area contributed by atoms with E-state index in [9.17, 15) is 4.79 Å². The van der Waals surface area contributed by atoms with E-state index < -0.39 is 0 Å². The summed E-state index contributed by atoms with van der Waals surface area (Å²) in [5.74, 6) is 0.222. The zero-order valence-corrected chi connectivity index (χ0v) is 12.5. The van der Waals surface area contributed by atoms with Crippen LogP contribution in [0.1, 0.15) is 46.0 Å². The number of hydrogen-bond donors (Lipinski definition) is 1. The van der Waals surface area contributed by atoms with E-state index in [1.165, 1.54) is 32.4 Å². The van der Waals surface area contributed by atoms with Gasteiger partial charge < -0.3 is 10.2 Å². The van der Waals surface area contributed by atoms with Crippen molar-refractivity contribution in [3.05, 3.63) is 0 Å². The van der Waals surface area contributed by atoms with Crippen LogP contribution in [0, 0.1) is 0 Å². The van der Waals surface area contributed by atoms with Crippen molar-refractivity contribution in [2.24, 2.45) is 0 Å². The van der Waals surface area contributed by atoms with E-state index in [2.05, 4.69) is 17.1 Å². The van der Waals surface area contributed by atoms with Crippen LogP contribution < -0.4 is 5.32 Å². The second-order valence-corrected chi connectivity index (χ2v) is 6.13. The molecule has 0 bridgehead atoms. The van der Waals surface area contributed by atoms with Crippen LogP contribution in [-0.2, 0) is 4.79 Å². The Hall–Kier alpha value is -0.610. The fourth-order valence-electron chi connectivity index (χ4n) is 3.22. The van der Waals surface area contributed by atoms with Crippen LogP contribution in [-0.4, -0.2) is 60.5 Å². The van der Waals surface area contributed by atoms with E-state index in [1.807, 2.05) is 4.90 Å². The third-order valence-corrected chi connectivity index (χ3v) is 4.66. The van der Waals surface area contributed by atoms with Gasteiger partial charge in [-0.05, 0) is 45.7 Å². The van der Waals surface area contributed by atoms with Gasteiger partial charge in [-0.1, -0.05) is 6.42 Å². The molecule has 0 aliphatic carbocycles. The number of nitrogens with zero attached hydrogens (tertiary/aromatic N) is 2. The molecule has 2 heterocycles. The van der Waals surface area contributed by atoms with E-state index in [0.717, 1.165) is 32.5 Å². The number of likely N-dealkylation sites (tertiary alicyclic amines) is 2. The van der Waals surface area contributed by atoms with Crippen molar-refractivity contribution >= 4 is 5.91 Å². The Bertz CT molecular complexity index is 281. The fourth-order valence-corrected chi connectivity index (χ4v) is 3.22. The third kappa shape index (κ3) is 4.46. The normalized spacial score (nSPS) is 24.4. The quantitative estimate of drug-likeness (QED) is 0.837. The second kappa shape index (κ2) is 7.25. The highest BCUT2D eigenvalue weighted by Gasteiger charge is 2.22. The number of piperidine rings is 2. The van der Waals surface area contributed by atoms with E-state index in [1.54, 1.807) is 6.92 Å². The maximum Gasteiger partial charge on any atom is 0.219 e. The Balaban J connectivity index is 1.64. The summed E-state index contributed by atoms with van der Waals surface area (Å²) in [6, 6.07) is 1.24. The predicted octanol–water partition coefficient (Wildman–Crippen LogP) is 1.46. The standard InChI is InChI=1S/C15H29N3O/c1-13(17-8-4-3-5-9-17)12-16-15-6-10-18(11-7-15)14(2)19/h13,15-16H,3-12H2,1-2H3. The molecule has 19 heavy (non-hydrogen) atoms. The van der Waals surface area contributed by atoms with Gasteiger partial charge in [-0.25, -0.2) is 0 Å². The Kier molecular flexibility index (Phi) is 5.64. The van der Waals surface area contributed by atoms with Crippen LogP contribution in [0.3, 0.4) is 0 Å². The molecule has 1 N–H and O–H groups in total. The molecule has 4 nitrogen and oxygen atoms in total. The van der Waals surface area contributed by atoms with Crippen LogP contribution in [0.5, 0.6) is 0 Å². The molecule has 0 spiro atoms. The van der Waals surface area contributed by atoms with E-state index in [4.69, 9.17) is 0 Å². The summed E-state index contributed by atoms with van der Waals surface area (Å²) >= 11 is 0. The first-order valence-electron chi connectivity index (χ1n) is 7.90. The molecule has 110 valence electrons. The maximum atomic E-state index is 11.3. The van der Waals surface area contributed by atoms with Crippen molar-refractivity contribution in [2.45, 2.75) is 58.0 Å². The Morgan fingerprint density at radius 2 is 1.79 bits per heavy atom. The van der Waals surface area contributed by atoms with Gasteiger partial charge in [-0.2, -0.15) is 0 Å². The fraction of sp³-hybridized carbons (Fsp3) is 0.933. The molecular formula is C15H29N3O. The highest BCUT2D eigenvalue weighted by Crippen LogP contribution is 2.13. The van der Waals surface area contributed by atoms with Gasteiger partial charge in [0.15, 0.2) is 0 Å². The zero-order valence-electron chi connectivity index (χ0n) is 12.5. The molecule has 2 rings (SSSR count). The van der Waals surface area contributed by atoms with Crippen LogP contribution in [0.2, 0.25) is 0 Å². The second-order valence-electron chi connectivity index (χ2n) is 6.13. The first kappa shape index (κ1) is 14.8. The van der Waals surface area contributed by atoms with Crippen LogP contribution >= 0.6 is 0 Å². The average Bonchev–Trinajstić information content (AvgIpc) is 2.46. The molecule has 0 radical (unpaired) electrons. The molecule has 2 fully saturated rings. The molecule has 1 atom stereocenters. The Labute approximate surface area is 117 Å². The lowest BCUT2D eigenvalue weighted by atomic mass is 10.0. The monoisotopic (exact) mass is 267 g/mol. The average molecular weight is 267 g/mol. The SMILES string of the molecule is CC(=O)N1CCC(NCC(C)N2CCCCC2)CC1. The number of nitrogens with one attached hydrogen (secondary N) is 1. The summed E-state index contributed by atoms with van der Waals surface area (Å²) in [4.78, 5) is 15.9. The highest BCUT2D eigenvalue weighted by atomic mass is 16.2. The lowest BCUT2D eigenvalue weighted by molar-refractivity contribution is -0.129. The van der Waals surface area contributed by atoms with Gasteiger partial charge in [-0.3, -0.25) is 9.69 Å². The van der Waals surface area contributed by atoms with Crippen LogP contribution in [0.15, 0.2) is 0 Å². The highest BCUT2D eigenvalue weighted by molar-refractivity contribution is 5.73. The molecule has 1 amide bonds. The molecular weight excluding hydrogens is 238 g/mol. The topological polar surface area (TPSA) is 35.6 Å². The summed E-state index contributed by atoms with van der Waals surface area (Å²) < 4.78 is 0. The lowest BCUT2D eigenvalue weighted by Crippen LogP contribution is -2.49. The lowest BCUT2D eigenvalue weighted by Gasteiger charge is -2.35. The van der Waals surface area contributed by atoms with Gasteiger partial charge in [0.2, 0.25) is 5.91 Å². The van der Waals surface area contributed by atoms with Gasteiger partial charge >= 0.3 is 0 Å². The first-order chi connectivity index (χ1) is 9.16. The molecule has 1 unspecified atom stereocenters. The summed E-state index contributed by atoms with van der Waals surface area (Å²) in [6.07, 6.45) is 6.33. The molecule has 0 aromatic carbocycles. The summed E-state index contributed by atoms with van der Waals surface area (Å²) in [5.41, 5.74) is 0. The van der Waals surface area contributed by atoms with Crippen molar-refractivity contribution in [2.75, 3.05) is 32.7 Å². The number of hydrogen-bond acceptors (Lipinski definition) is 3. The molecule has 4 heteroatoms. The first-order valence-corrected chi connectivity index (χ1v) is 7.90. The molecule has 2 saturated heterocycles. The minimum absolute atomic E-state index is 0.222. The van der Waals surface area contributed by atoms with Crippen molar-refractivity contribution in [1.29, 1.82) is 0 Å². The number of carbonyl (C=O) groups is 1. The Morgan fingerprint density at radius 1 is 1.16 bits per heavy atom. The van der Waals surface area contributed by atoms with Crippen molar-refractivity contribution < 1.29 is 4.79 Å². The zero-order chi connectivity index (χ0) is 13.7. The van der Waals surface area contributed by atoms with E-state index in [0.29, 0.717) is 12.1 Å². The van der Waals surface area contributed by atoms with Crippen molar-refractivity contribution in [1.82, 2.24) is 15.1 Å². The smallest absolute Gasteiger partial charge is 0.219 e. The van der Waals surface area contributed by atoms with Gasteiger partial charge in [0.05, 0.1) is 0 Å². The molecule has 0 aromatic heterocycles. The molecule has 2 aliphatic rings. The van der Waals surface area contributed by atoms with E-state index in [-0.39, 0.29) is 5.91 Å². The summed E-state index contributed by atoms with van der Waals surface area (Å²) in [6.45, 7) is 9.48. The molecule has 0 saturated carbocycles. The van der Waals surface area contributed by atoms with Crippen molar-refractivity contribution in [3.8, 4) is 0 Å². The molecule has 2 aliphatic heterocycles. The number of amides is 1. The Morgan fingerprint density at radius 3 is 2.37 bits per heavy atom. The van der Waals surface area contributed by atoms with Gasteiger partial charge in [0.25, 0.3) is 0 Å². The number of rotatable bonds is 4. The maximum absolute atomic E-state index is 11.3. The predicted molar refractivity (Wildman–Crippen MR) is 78.2 cm³/mol. The molecule has 0 aromatic rings. The summed E-state index contributed by atoms with van der Waals surface area (Å²) in [7, 11) is 0. The number of carbonyl (C=O) groups excluding carboxylic acids is 1. The minimum atomic E-state index is 0.222. The van der Waals surface area contributed by atoms with Gasteiger partial charge in [0.1, 0.15) is 0 Å². The summed E-state index contributed by atoms with van der Waals surface area (Å²) in [5, 5.41) is 3.70. The van der Waals surface area contributed by atoms with E-state index >= 15 is 0 Å².